The fourth-order valence-corrected chi connectivity index (χ4v) is 4.14. The summed E-state index contributed by atoms with van der Waals surface area (Å²) in [5.74, 6) is 0.445. The Morgan fingerprint density at radius 3 is 2.86 bits per heavy atom. The van der Waals surface area contributed by atoms with Gasteiger partial charge in [0, 0.05) is 24.4 Å². The summed E-state index contributed by atoms with van der Waals surface area (Å²) in [5, 5.41) is 13.6. The summed E-state index contributed by atoms with van der Waals surface area (Å²) < 4.78 is 4.64. The number of benzene rings is 1. The summed E-state index contributed by atoms with van der Waals surface area (Å²) in [5.41, 5.74) is 1.31. The Balaban J connectivity index is 1.80. The Labute approximate surface area is 125 Å². The van der Waals surface area contributed by atoms with Crippen molar-refractivity contribution in [2.24, 2.45) is 5.92 Å². The van der Waals surface area contributed by atoms with Gasteiger partial charge in [0.05, 0.1) is 7.11 Å². The van der Waals surface area contributed by atoms with Crippen LogP contribution in [0.5, 0.6) is 0 Å². The van der Waals surface area contributed by atoms with Crippen LogP contribution in [0.15, 0.2) is 30.3 Å². The standard InChI is InChI=1S/C17H23NO3/c1-21-17(20)15(19)10-14-16(11-6-3-2-4-7-11)12-8-5-9-13(12)18-14/h2-4,6-7,12-16,18-19H,5,8-10H2,1H3/t12-,13+,14-,15-,16+/m1/s1. The van der Waals surface area contributed by atoms with Crippen molar-refractivity contribution in [2.75, 3.05) is 7.11 Å². The fourth-order valence-electron chi connectivity index (χ4n) is 4.14. The highest BCUT2D eigenvalue weighted by Crippen LogP contribution is 2.45. The van der Waals surface area contributed by atoms with E-state index >= 15 is 0 Å². The molecule has 1 aliphatic carbocycles. The number of hydrogen-bond acceptors (Lipinski definition) is 4. The molecule has 2 aliphatic rings. The lowest BCUT2D eigenvalue weighted by atomic mass is 9.81. The molecule has 2 N–H and O–H groups in total. The van der Waals surface area contributed by atoms with Crippen LogP contribution in [-0.2, 0) is 9.53 Å². The zero-order chi connectivity index (χ0) is 14.8. The van der Waals surface area contributed by atoms with Gasteiger partial charge in [-0.25, -0.2) is 4.79 Å². The van der Waals surface area contributed by atoms with Gasteiger partial charge in [-0.15, -0.1) is 0 Å². The normalized spacial score (nSPS) is 32.7. The van der Waals surface area contributed by atoms with E-state index in [0.29, 0.717) is 24.3 Å². The lowest BCUT2D eigenvalue weighted by Gasteiger charge is -2.25. The number of ether oxygens (including phenoxy) is 1. The van der Waals surface area contributed by atoms with Crippen LogP contribution in [0.25, 0.3) is 0 Å². The van der Waals surface area contributed by atoms with E-state index < -0.39 is 12.1 Å². The van der Waals surface area contributed by atoms with Crippen LogP contribution in [0, 0.1) is 5.92 Å². The maximum Gasteiger partial charge on any atom is 0.334 e. The topological polar surface area (TPSA) is 58.6 Å². The van der Waals surface area contributed by atoms with Crippen LogP contribution < -0.4 is 5.32 Å². The van der Waals surface area contributed by atoms with Gasteiger partial charge in [-0.2, -0.15) is 0 Å². The van der Waals surface area contributed by atoms with Gasteiger partial charge in [-0.05, 0) is 24.3 Å². The summed E-state index contributed by atoms with van der Waals surface area (Å²) in [4.78, 5) is 11.5. The molecule has 0 aromatic heterocycles. The third kappa shape index (κ3) is 2.83. The SMILES string of the molecule is COC(=O)[C@H](O)C[C@H]1N[C@H]2CCC[C@H]2[C@@H]1c1ccccc1. The van der Waals surface area contributed by atoms with Crippen molar-refractivity contribution in [2.45, 2.75) is 49.8 Å². The molecular formula is C17H23NO3. The van der Waals surface area contributed by atoms with E-state index in [-0.39, 0.29) is 6.04 Å². The smallest absolute Gasteiger partial charge is 0.334 e. The van der Waals surface area contributed by atoms with Gasteiger partial charge >= 0.3 is 5.97 Å². The molecule has 1 saturated heterocycles. The molecule has 0 radical (unpaired) electrons. The number of carbonyl (C=O) groups excluding carboxylic acids is 1. The van der Waals surface area contributed by atoms with Gasteiger partial charge in [0.25, 0.3) is 0 Å². The van der Waals surface area contributed by atoms with Crippen LogP contribution in [0.2, 0.25) is 0 Å². The van der Waals surface area contributed by atoms with E-state index in [9.17, 15) is 9.90 Å². The van der Waals surface area contributed by atoms with Crippen molar-refractivity contribution in [1.29, 1.82) is 0 Å². The Morgan fingerprint density at radius 2 is 2.14 bits per heavy atom. The third-order valence-corrected chi connectivity index (χ3v) is 5.03. The highest BCUT2D eigenvalue weighted by molar-refractivity contribution is 5.74. The van der Waals surface area contributed by atoms with Gasteiger partial charge in [0.1, 0.15) is 0 Å². The molecule has 0 spiro atoms. The minimum Gasteiger partial charge on any atom is -0.467 e. The average molecular weight is 289 g/mol. The maximum absolute atomic E-state index is 11.5. The second-order valence-electron chi connectivity index (χ2n) is 6.19. The van der Waals surface area contributed by atoms with Crippen molar-refractivity contribution in [1.82, 2.24) is 5.32 Å². The van der Waals surface area contributed by atoms with Gasteiger partial charge in [0.2, 0.25) is 0 Å². The quantitative estimate of drug-likeness (QED) is 0.830. The molecular weight excluding hydrogens is 266 g/mol. The molecule has 5 atom stereocenters. The molecule has 4 nitrogen and oxygen atoms in total. The van der Waals surface area contributed by atoms with Gasteiger partial charge in [0.15, 0.2) is 6.10 Å². The van der Waals surface area contributed by atoms with E-state index in [1.165, 1.54) is 31.9 Å². The lowest BCUT2D eigenvalue weighted by molar-refractivity contribution is -0.151. The molecule has 0 amide bonds. The summed E-state index contributed by atoms with van der Waals surface area (Å²) in [6, 6.07) is 11.1. The predicted octanol–water partition coefficient (Wildman–Crippen LogP) is 1.83. The highest BCUT2D eigenvalue weighted by Gasteiger charge is 2.46. The Bertz CT molecular complexity index is 490. The number of aliphatic hydroxyl groups excluding tert-OH is 1. The first-order valence-corrected chi connectivity index (χ1v) is 7.77. The van der Waals surface area contributed by atoms with E-state index in [2.05, 4.69) is 34.3 Å². The number of rotatable bonds is 4. The highest BCUT2D eigenvalue weighted by atomic mass is 16.5. The number of carbonyl (C=O) groups is 1. The first-order chi connectivity index (χ1) is 10.2. The molecule has 1 aromatic carbocycles. The summed E-state index contributed by atoms with van der Waals surface area (Å²) in [7, 11) is 1.32. The minimum absolute atomic E-state index is 0.136. The van der Waals surface area contributed by atoms with Crippen LogP contribution in [-0.4, -0.2) is 36.4 Å². The van der Waals surface area contributed by atoms with Crippen LogP contribution in [0.1, 0.15) is 37.2 Å². The molecule has 1 aliphatic heterocycles. The molecule has 0 unspecified atom stereocenters. The van der Waals surface area contributed by atoms with Gasteiger partial charge in [-0.3, -0.25) is 0 Å². The number of aliphatic hydroxyl groups is 1. The number of nitrogens with one attached hydrogen (secondary N) is 1. The van der Waals surface area contributed by atoms with Crippen molar-refractivity contribution >= 4 is 5.97 Å². The molecule has 2 fully saturated rings. The Kier molecular flexibility index (Phi) is 4.27. The zero-order valence-corrected chi connectivity index (χ0v) is 12.4. The number of fused-ring (bicyclic) bond motifs is 1. The largest absolute Gasteiger partial charge is 0.467 e. The average Bonchev–Trinajstić information content (AvgIpc) is 3.07. The molecule has 1 aromatic rings. The van der Waals surface area contributed by atoms with Crippen molar-refractivity contribution in [3.05, 3.63) is 35.9 Å². The van der Waals surface area contributed by atoms with Gasteiger partial charge in [-0.1, -0.05) is 36.8 Å². The minimum atomic E-state index is -1.04. The number of esters is 1. The number of methoxy groups -OCH3 is 1. The van der Waals surface area contributed by atoms with E-state index in [1.807, 2.05) is 6.07 Å². The first-order valence-electron chi connectivity index (χ1n) is 7.77. The first kappa shape index (κ1) is 14.5. The second-order valence-corrected chi connectivity index (χ2v) is 6.19. The second kappa shape index (κ2) is 6.16. The monoisotopic (exact) mass is 289 g/mol. The fraction of sp³-hybridized carbons (Fsp3) is 0.588. The summed E-state index contributed by atoms with van der Waals surface area (Å²) in [6.45, 7) is 0. The van der Waals surface area contributed by atoms with Crippen LogP contribution in [0.3, 0.4) is 0 Å². The Hall–Kier alpha value is -1.39. The van der Waals surface area contributed by atoms with Crippen molar-refractivity contribution in [3.8, 4) is 0 Å². The zero-order valence-electron chi connectivity index (χ0n) is 12.4. The third-order valence-electron chi connectivity index (χ3n) is 5.03. The van der Waals surface area contributed by atoms with Crippen molar-refractivity contribution in [3.63, 3.8) is 0 Å². The number of hydrogen-bond donors (Lipinski definition) is 2. The Morgan fingerprint density at radius 1 is 1.38 bits per heavy atom. The molecule has 0 bridgehead atoms. The maximum atomic E-state index is 11.5. The molecule has 114 valence electrons. The predicted molar refractivity (Wildman–Crippen MR) is 79.9 cm³/mol. The van der Waals surface area contributed by atoms with E-state index in [4.69, 9.17) is 0 Å². The van der Waals surface area contributed by atoms with E-state index in [1.54, 1.807) is 0 Å². The van der Waals surface area contributed by atoms with Crippen molar-refractivity contribution < 1.29 is 14.6 Å². The molecule has 4 heteroatoms. The molecule has 3 rings (SSSR count). The molecule has 21 heavy (non-hydrogen) atoms. The van der Waals surface area contributed by atoms with Crippen LogP contribution >= 0.6 is 0 Å². The lowest BCUT2D eigenvalue weighted by Crippen LogP contribution is -2.36. The van der Waals surface area contributed by atoms with Gasteiger partial charge < -0.3 is 15.2 Å². The summed E-state index contributed by atoms with van der Waals surface area (Å²) >= 11 is 0. The summed E-state index contributed by atoms with van der Waals surface area (Å²) in [6.07, 6.45) is 3.05. The molecule has 1 heterocycles. The van der Waals surface area contributed by atoms with E-state index in [0.717, 1.165) is 0 Å². The molecule has 1 saturated carbocycles. The van der Waals surface area contributed by atoms with Crippen LogP contribution in [0.4, 0.5) is 0 Å².